The van der Waals surface area contributed by atoms with E-state index in [-0.39, 0.29) is 37.6 Å². The van der Waals surface area contributed by atoms with Crippen LogP contribution in [0, 0.1) is 0 Å². The summed E-state index contributed by atoms with van der Waals surface area (Å²) in [4.78, 5) is 49.8. The second kappa shape index (κ2) is 23.5. The van der Waals surface area contributed by atoms with Crippen molar-refractivity contribution in [2.75, 3.05) is 7.11 Å². The molecule has 0 spiro atoms. The Labute approximate surface area is 258 Å². The van der Waals surface area contributed by atoms with Crippen molar-refractivity contribution in [3.63, 3.8) is 0 Å². The molecule has 0 aliphatic carbocycles. The molecule has 4 atom stereocenters. The number of ketones is 1. The van der Waals surface area contributed by atoms with E-state index in [9.17, 15) is 19.2 Å². The molecule has 1 aromatic rings. The average Bonchev–Trinajstić information content (AvgIpc) is 2.94. The van der Waals surface area contributed by atoms with Crippen LogP contribution >= 0.6 is 0 Å². The highest BCUT2D eigenvalue weighted by molar-refractivity contribution is 5.77. The molecule has 0 heterocycles. The normalized spacial score (nSPS) is 14.1. The van der Waals surface area contributed by atoms with Gasteiger partial charge in [0.1, 0.15) is 24.1 Å². The van der Waals surface area contributed by atoms with Crippen LogP contribution in [-0.4, -0.2) is 55.2 Å². The van der Waals surface area contributed by atoms with Gasteiger partial charge in [0, 0.05) is 20.0 Å². The highest BCUT2D eigenvalue weighted by atomic mass is 16.6. The molecule has 0 aliphatic rings. The summed E-state index contributed by atoms with van der Waals surface area (Å²) in [5, 5.41) is 0. The molecule has 0 saturated carbocycles. The first-order valence-electron chi connectivity index (χ1n) is 16.0. The quantitative estimate of drug-likeness (QED) is 0.0527. The van der Waals surface area contributed by atoms with Crippen LogP contribution in [0.25, 0.3) is 0 Å². The Bertz CT molecular complexity index is 958. The number of allylic oxidation sites excluding steroid dienone is 1. The van der Waals surface area contributed by atoms with Gasteiger partial charge < -0.3 is 18.9 Å². The van der Waals surface area contributed by atoms with Gasteiger partial charge in [-0.3, -0.25) is 19.2 Å². The zero-order valence-corrected chi connectivity index (χ0v) is 27.0. The van der Waals surface area contributed by atoms with Crippen LogP contribution < -0.4 is 0 Å². The second-order valence-electron chi connectivity index (χ2n) is 11.3. The molecule has 43 heavy (non-hydrogen) atoms. The molecule has 0 bridgehead atoms. The summed E-state index contributed by atoms with van der Waals surface area (Å²) in [7, 11) is 1.55. The number of ether oxygens (including phenoxy) is 4. The molecule has 0 aliphatic heterocycles. The number of carbonyl (C=O) groups excluding carboxylic acids is 4. The van der Waals surface area contributed by atoms with Gasteiger partial charge in [-0.05, 0) is 45.1 Å². The van der Waals surface area contributed by atoms with Crippen molar-refractivity contribution in [2.45, 2.75) is 142 Å². The van der Waals surface area contributed by atoms with E-state index in [0.717, 1.165) is 31.2 Å². The number of esters is 3. The lowest BCUT2D eigenvalue weighted by atomic mass is 10.1. The van der Waals surface area contributed by atoms with Crippen molar-refractivity contribution >= 4 is 23.7 Å². The van der Waals surface area contributed by atoms with Crippen molar-refractivity contribution in [3.8, 4) is 0 Å². The van der Waals surface area contributed by atoms with E-state index in [1.54, 1.807) is 14.0 Å². The number of methoxy groups -OCH3 is 1. The van der Waals surface area contributed by atoms with Gasteiger partial charge >= 0.3 is 17.9 Å². The number of unbranched alkanes of at least 4 members (excludes halogenated alkanes) is 5. The molecule has 4 unspecified atom stereocenters. The third-order valence-corrected chi connectivity index (χ3v) is 7.00. The summed E-state index contributed by atoms with van der Waals surface area (Å²) in [6, 6.07) is 9.73. The third-order valence-electron chi connectivity index (χ3n) is 7.00. The fourth-order valence-corrected chi connectivity index (χ4v) is 4.69. The van der Waals surface area contributed by atoms with Crippen molar-refractivity contribution in [3.05, 3.63) is 48.0 Å². The Morgan fingerprint density at radius 2 is 1.35 bits per heavy atom. The largest absolute Gasteiger partial charge is 0.462 e. The highest BCUT2D eigenvalue weighted by Gasteiger charge is 2.24. The number of Topliss-reactive ketones (excluding diaryl/α,β-unsaturated/α-hetero) is 1. The summed E-state index contributed by atoms with van der Waals surface area (Å²) in [6.45, 7) is 7.31. The first-order chi connectivity index (χ1) is 20.7. The minimum Gasteiger partial charge on any atom is -0.462 e. The lowest BCUT2D eigenvalue weighted by molar-refractivity contribution is -0.161. The maximum Gasteiger partial charge on any atom is 0.309 e. The van der Waals surface area contributed by atoms with E-state index >= 15 is 0 Å². The molecule has 0 fully saturated rings. The van der Waals surface area contributed by atoms with E-state index in [1.165, 1.54) is 26.2 Å². The molecule has 0 amide bonds. The number of hydrogen-bond acceptors (Lipinski definition) is 8. The van der Waals surface area contributed by atoms with Crippen LogP contribution in [0.3, 0.4) is 0 Å². The van der Waals surface area contributed by atoms with Gasteiger partial charge in [0.15, 0.2) is 0 Å². The molecule has 8 heteroatoms. The summed E-state index contributed by atoms with van der Waals surface area (Å²) >= 11 is 0. The minimum absolute atomic E-state index is 0.0523. The number of carbonyl (C=O) groups is 4. The van der Waals surface area contributed by atoms with Crippen LogP contribution in [0.15, 0.2) is 42.5 Å². The van der Waals surface area contributed by atoms with Crippen molar-refractivity contribution in [1.82, 2.24) is 0 Å². The topological polar surface area (TPSA) is 105 Å². The molecule has 1 rings (SSSR count). The van der Waals surface area contributed by atoms with Gasteiger partial charge in [-0.1, -0.05) is 88.4 Å². The smallest absolute Gasteiger partial charge is 0.309 e. The molecule has 0 N–H and O–H groups in total. The maximum atomic E-state index is 12.8. The summed E-state index contributed by atoms with van der Waals surface area (Å²) < 4.78 is 22.2. The summed E-state index contributed by atoms with van der Waals surface area (Å²) in [5.41, 5.74) is 1.05. The monoisotopic (exact) mass is 602 g/mol. The van der Waals surface area contributed by atoms with Gasteiger partial charge in [0.25, 0.3) is 0 Å². The Hall–Kier alpha value is -3.00. The van der Waals surface area contributed by atoms with Gasteiger partial charge in [-0.2, -0.15) is 0 Å². The Kier molecular flexibility index (Phi) is 20.7. The zero-order chi connectivity index (χ0) is 31.9. The van der Waals surface area contributed by atoms with E-state index in [1.807, 2.05) is 43.3 Å². The lowest BCUT2D eigenvalue weighted by Crippen LogP contribution is -2.29. The molecule has 0 radical (unpaired) electrons. The minimum atomic E-state index is -0.693. The van der Waals surface area contributed by atoms with E-state index in [4.69, 9.17) is 18.9 Å². The number of rotatable bonds is 24. The molecule has 1 aromatic carbocycles. The van der Waals surface area contributed by atoms with Crippen LogP contribution in [-0.2, 0) is 44.5 Å². The van der Waals surface area contributed by atoms with Crippen LogP contribution in [0.5, 0.6) is 0 Å². The highest BCUT2D eigenvalue weighted by Crippen LogP contribution is 2.16. The number of benzene rings is 1. The van der Waals surface area contributed by atoms with Crippen molar-refractivity contribution in [1.29, 1.82) is 0 Å². The fraction of sp³-hybridized carbons (Fsp3) is 0.657. The second-order valence-corrected chi connectivity index (χ2v) is 11.3. The van der Waals surface area contributed by atoms with Gasteiger partial charge in [-0.25, -0.2) is 0 Å². The van der Waals surface area contributed by atoms with Gasteiger partial charge in [0.05, 0.1) is 25.4 Å². The molecule has 8 nitrogen and oxygen atoms in total. The van der Waals surface area contributed by atoms with E-state index in [2.05, 4.69) is 13.0 Å². The van der Waals surface area contributed by atoms with Crippen molar-refractivity contribution < 1.29 is 38.1 Å². The average molecular weight is 603 g/mol. The lowest BCUT2D eigenvalue weighted by Gasteiger charge is -2.21. The Balaban J connectivity index is 2.58. The van der Waals surface area contributed by atoms with Gasteiger partial charge in [-0.15, -0.1) is 0 Å². The standard InChI is InChI=1S/C35H54O8/c1-6-8-10-11-12-13-17-21-30(22-27(3)36)42-35(39)25-31(20-9-7-2)43-33(37)23-28(4)41-34(38)26-32(40-5)24-29-18-15-14-16-19-29/h13-19,28,30-32H,6-12,20-26H2,1-5H3. The zero-order valence-electron chi connectivity index (χ0n) is 27.0. The van der Waals surface area contributed by atoms with E-state index in [0.29, 0.717) is 19.3 Å². The Morgan fingerprint density at radius 1 is 0.721 bits per heavy atom. The Morgan fingerprint density at radius 3 is 2.00 bits per heavy atom. The molecule has 242 valence electrons. The van der Waals surface area contributed by atoms with Crippen LogP contribution in [0.1, 0.15) is 117 Å². The molecule has 0 saturated heterocycles. The maximum absolute atomic E-state index is 12.8. The number of hydrogen-bond donors (Lipinski definition) is 0. The fourth-order valence-electron chi connectivity index (χ4n) is 4.69. The SMILES string of the molecule is CCCCCCC=CCC(CC(C)=O)OC(=O)CC(CCCC)OC(=O)CC(C)OC(=O)CC(Cc1ccccc1)OC. The molecular weight excluding hydrogens is 548 g/mol. The van der Waals surface area contributed by atoms with Crippen LogP contribution in [0.2, 0.25) is 0 Å². The van der Waals surface area contributed by atoms with Crippen LogP contribution in [0.4, 0.5) is 0 Å². The summed E-state index contributed by atoms with van der Waals surface area (Å²) in [5.74, 6) is -1.56. The predicted octanol–water partition coefficient (Wildman–Crippen LogP) is 7.26. The third kappa shape index (κ3) is 19.7. The first kappa shape index (κ1) is 38.0. The van der Waals surface area contributed by atoms with Crippen molar-refractivity contribution in [2.24, 2.45) is 0 Å². The van der Waals surface area contributed by atoms with Gasteiger partial charge in [0.2, 0.25) is 0 Å². The predicted molar refractivity (Wildman–Crippen MR) is 167 cm³/mol. The molecular formula is C35H54O8. The van der Waals surface area contributed by atoms with E-state index < -0.39 is 36.2 Å². The first-order valence-corrected chi connectivity index (χ1v) is 16.0. The summed E-state index contributed by atoms with van der Waals surface area (Å²) in [6.07, 6.45) is 10.7. The molecule has 0 aromatic heterocycles.